The third-order valence-electron chi connectivity index (χ3n) is 2.26. The fourth-order valence-corrected chi connectivity index (χ4v) is 1.89. The van der Waals surface area contributed by atoms with Crippen LogP contribution in [-0.4, -0.2) is 32.8 Å². The van der Waals surface area contributed by atoms with Crippen LogP contribution in [0.4, 0.5) is 18.7 Å². The monoisotopic (exact) mass is 308 g/mol. The third kappa shape index (κ3) is 5.43. The highest BCUT2D eigenvalue weighted by molar-refractivity contribution is 7.15. The summed E-state index contributed by atoms with van der Waals surface area (Å²) in [5.41, 5.74) is -0.751. The molecular weight excluding hydrogens is 294 g/mol. The van der Waals surface area contributed by atoms with Gasteiger partial charge in [-0.3, -0.25) is 10.1 Å². The lowest BCUT2D eigenvalue weighted by molar-refractivity contribution is -0.137. The van der Waals surface area contributed by atoms with Gasteiger partial charge in [-0.2, -0.15) is 0 Å². The molecule has 7 nitrogen and oxygen atoms in total. The number of carbonyl (C=O) groups excluding carboxylic acids is 1. The quantitative estimate of drug-likeness (QED) is 0.747. The van der Waals surface area contributed by atoms with E-state index in [0.717, 1.165) is 0 Å². The highest BCUT2D eigenvalue weighted by Gasteiger charge is 2.22. The number of aliphatic carboxylic acids is 1. The fraction of sp³-hybridized carbons (Fsp3) is 0.600. The van der Waals surface area contributed by atoms with Crippen molar-refractivity contribution in [3.8, 4) is 0 Å². The minimum atomic E-state index is -2.74. The van der Waals surface area contributed by atoms with Crippen molar-refractivity contribution in [2.24, 2.45) is 0 Å². The van der Waals surface area contributed by atoms with Crippen LogP contribution in [0.5, 0.6) is 0 Å². The zero-order chi connectivity index (χ0) is 15.3. The SMILES string of the molecule is CC(C)(CCC(=O)O)NC(=O)Nc1nnc(C(F)F)s1. The number of rotatable bonds is 6. The van der Waals surface area contributed by atoms with Gasteiger partial charge in [-0.1, -0.05) is 11.3 Å². The third-order valence-corrected chi connectivity index (χ3v) is 3.11. The maximum absolute atomic E-state index is 12.3. The molecular formula is C10H14F2N4O3S. The van der Waals surface area contributed by atoms with E-state index in [1.807, 2.05) is 0 Å². The number of halogens is 2. The highest BCUT2D eigenvalue weighted by Crippen LogP contribution is 2.25. The Labute approximate surface area is 117 Å². The van der Waals surface area contributed by atoms with Crippen molar-refractivity contribution in [1.82, 2.24) is 15.5 Å². The molecule has 1 rings (SSSR count). The molecule has 0 fully saturated rings. The molecule has 1 heterocycles. The number of aromatic nitrogens is 2. The Morgan fingerprint density at radius 1 is 1.40 bits per heavy atom. The van der Waals surface area contributed by atoms with Gasteiger partial charge in [-0.25, -0.2) is 13.6 Å². The minimum absolute atomic E-state index is 0.0492. The summed E-state index contributed by atoms with van der Waals surface area (Å²) in [7, 11) is 0. The Balaban J connectivity index is 2.51. The number of carbonyl (C=O) groups is 2. The van der Waals surface area contributed by atoms with Crippen LogP contribution in [0.15, 0.2) is 0 Å². The second-order valence-corrected chi connectivity index (χ2v) is 5.61. The molecule has 0 radical (unpaired) electrons. The Morgan fingerprint density at radius 3 is 2.55 bits per heavy atom. The molecule has 20 heavy (non-hydrogen) atoms. The van der Waals surface area contributed by atoms with Crippen molar-refractivity contribution >= 4 is 28.5 Å². The number of anilines is 1. The predicted molar refractivity (Wildman–Crippen MR) is 68.0 cm³/mol. The number of hydrogen-bond acceptors (Lipinski definition) is 5. The van der Waals surface area contributed by atoms with Gasteiger partial charge >= 0.3 is 12.0 Å². The summed E-state index contributed by atoms with van der Waals surface area (Å²) < 4.78 is 24.6. The summed E-state index contributed by atoms with van der Waals surface area (Å²) in [6.45, 7) is 3.31. The number of carboxylic acids is 1. The molecule has 112 valence electrons. The maximum atomic E-state index is 12.3. The van der Waals surface area contributed by atoms with Crippen LogP contribution in [0.2, 0.25) is 0 Å². The van der Waals surface area contributed by atoms with Gasteiger partial charge in [0.2, 0.25) is 5.13 Å². The van der Waals surface area contributed by atoms with Crippen molar-refractivity contribution in [2.75, 3.05) is 5.32 Å². The Bertz CT molecular complexity index is 493. The van der Waals surface area contributed by atoms with Crippen LogP contribution in [0.3, 0.4) is 0 Å². The van der Waals surface area contributed by atoms with Crippen molar-refractivity contribution in [3.05, 3.63) is 5.01 Å². The summed E-state index contributed by atoms with van der Waals surface area (Å²) in [4.78, 5) is 22.1. The summed E-state index contributed by atoms with van der Waals surface area (Å²) >= 11 is 0.575. The van der Waals surface area contributed by atoms with Gasteiger partial charge in [0, 0.05) is 12.0 Å². The van der Waals surface area contributed by atoms with E-state index in [1.54, 1.807) is 13.8 Å². The molecule has 1 aromatic rings. The second kappa shape index (κ2) is 6.55. The molecule has 0 spiro atoms. The average molecular weight is 308 g/mol. The number of amides is 2. The van der Waals surface area contributed by atoms with E-state index < -0.39 is 29.0 Å². The molecule has 0 bridgehead atoms. The molecule has 2 amide bonds. The van der Waals surface area contributed by atoms with Crippen LogP contribution in [0, 0.1) is 0 Å². The van der Waals surface area contributed by atoms with E-state index in [4.69, 9.17) is 5.11 Å². The normalized spacial score (nSPS) is 11.4. The number of nitrogens with one attached hydrogen (secondary N) is 2. The predicted octanol–water partition coefficient (Wildman–Crippen LogP) is 2.24. The first kappa shape index (κ1) is 16.2. The van der Waals surface area contributed by atoms with Crippen molar-refractivity contribution < 1.29 is 23.5 Å². The lowest BCUT2D eigenvalue weighted by Crippen LogP contribution is -2.45. The van der Waals surface area contributed by atoms with Gasteiger partial charge in [0.05, 0.1) is 0 Å². The zero-order valence-corrected chi connectivity index (χ0v) is 11.6. The second-order valence-electron chi connectivity index (χ2n) is 4.60. The van der Waals surface area contributed by atoms with E-state index in [2.05, 4.69) is 20.8 Å². The van der Waals surface area contributed by atoms with Crippen molar-refractivity contribution in [1.29, 1.82) is 0 Å². The standard InChI is InChI=1S/C10H14F2N4O3S/c1-10(2,4-3-5(17)18)14-8(19)13-9-16-15-7(20-9)6(11)12/h6H,3-4H2,1-2H3,(H,17,18)(H2,13,14,16,19). The van der Waals surface area contributed by atoms with Gasteiger partial charge in [-0.05, 0) is 20.3 Å². The number of hydrogen-bond donors (Lipinski definition) is 3. The summed E-state index contributed by atoms with van der Waals surface area (Å²) in [6, 6.07) is -0.655. The van der Waals surface area contributed by atoms with Crippen LogP contribution in [0.25, 0.3) is 0 Å². The molecule has 0 saturated carbocycles. The first-order valence-electron chi connectivity index (χ1n) is 5.62. The molecule has 0 aliphatic carbocycles. The molecule has 0 saturated heterocycles. The van der Waals surface area contributed by atoms with Crippen LogP contribution in [-0.2, 0) is 4.79 Å². The summed E-state index contributed by atoms with van der Waals surface area (Å²) in [6.07, 6.45) is -2.60. The largest absolute Gasteiger partial charge is 0.481 e. The Morgan fingerprint density at radius 2 is 2.05 bits per heavy atom. The molecule has 3 N–H and O–H groups in total. The van der Waals surface area contributed by atoms with E-state index in [-0.39, 0.29) is 18.0 Å². The molecule has 0 atom stereocenters. The Kier molecular flexibility index (Phi) is 5.31. The minimum Gasteiger partial charge on any atom is -0.481 e. The van der Waals surface area contributed by atoms with Crippen LogP contribution < -0.4 is 10.6 Å². The lowest BCUT2D eigenvalue weighted by atomic mass is 9.99. The maximum Gasteiger partial charge on any atom is 0.321 e. The highest BCUT2D eigenvalue weighted by atomic mass is 32.1. The fourth-order valence-electron chi connectivity index (χ4n) is 1.29. The van der Waals surface area contributed by atoms with Crippen LogP contribution >= 0.6 is 11.3 Å². The zero-order valence-electron chi connectivity index (χ0n) is 10.8. The Hall–Kier alpha value is -1.84. The van der Waals surface area contributed by atoms with E-state index in [1.165, 1.54) is 0 Å². The smallest absolute Gasteiger partial charge is 0.321 e. The van der Waals surface area contributed by atoms with Gasteiger partial charge in [0.1, 0.15) is 0 Å². The molecule has 0 aliphatic rings. The van der Waals surface area contributed by atoms with E-state index in [9.17, 15) is 18.4 Å². The number of urea groups is 1. The topological polar surface area (TPSA) is 104 Å². The van der Waals surface area contributed by atoms with Gasteiger partial charge in [0.15, 0.2) is 5.01 Å². The summed E-state index contributed by atoms with van der Waals surface area (Å²) in [5.74, 6) is -0.967. The number of alkyl halides is 2. The van der Waals surface area contributed by atoms with Crippen molar-refractivity contribution in [3.63, 3.8) is 0 Å². The summed E-state index contributed by atoms with van der Waals surface area (Å²) in [5, 5.41) is 19.5. The molecule has 0 aliphatic heterocycles. The molecule has 10 heteroatoms. The van der Waals surface area contributed by atoms with Crippen molar-refractivity contribution in [2.45, 2.75) is 38.7 Å². The molecule has 0 aromatic carbocycles. The first-order chi connectivity index (χ1) is 9.19. The number of nitrogens with zero attached hydrogens (tertiary/aromatic N) is 2. The first-order valence-corrected chi connectivity index (χ1v) is 6.44. The van der Waals surface area contributed by atoms with E-state index >= 15 is 0 Å². The van der Waals surface area contributed by atoms with E-state index in [0.29, 0.717) is 11.3 Å². The lowest BCUT2D eigenvalue weighted by Gasteiger charge is -2.25. The molecule has 1 aromatic heterocycles. The average Bonchev–Trinajstić information content (AvgIpc) is 2.74. The molecule has 0 unspecified atom stereocenters. The number of carboxylic acid groups (broad SMARTS) is 1. The van der Waals surface area contributed by atoms with Crippen LogP contribution in [0.1, 0.15) is 38.1 Å². The van der Waals surface area contributed by atoms with Gasteiger partial charge < -0.3 is 10.4 Å². The van der Waals surface area contributed by atoms with Gasteiger partial charge in [0.25, 0.3) is 6.43 Å². The van der Waals surface area contributed by atoms with Gasteiger partial charge in [-0.15, -0.1) is 10.2 Å².